The zero-order valence-corrected chi connectivity index (χ0v) is 13.0. The molecule has 0 fully saturated rings. The third kappa shape index (κ3) is 6.02. The van der Waals surface area contributed by atoms with Gasteiger partial charge in [0.2, 0.25) is 0 Å². The second-order valence-electron chi connectivity index (χ2n) is 5.78. The minimum atomic E-state index is -0.551. The zero-order chi connectivity index (χ0) is 15.0. The van der Waals surface area contributed by atoms with E-state index in [1.807, 2.05) is 19.9 Å². The molecule has 0 spiro atoms. The van der Waals surface area contributed by atoms with Crippen molar-refractivity contribution in [3.63, 3.8) is 0 Å². The molecule has 0 unspecified atom stereocenters. The third-order valence-electron chi connectivity index (χ3n) is 3.90. The number of hydrogen-bond donors (Lipinski definition) is 1. The van der Waals surface area contributed by atoms with Crippen LogP contribution in [0.1, 0.15) is 52.4 Å². The van der Waals surface area contributed by atoms with Crippen LogP contribution in [0.2, 0.25) is 0 Å². The van der Waals surface area contributed by atoms with E-state index in [0.717, 1.165) is 25.7 Å². The van der Waals surface area contributed by atoms with Crippen molar-refractivity contribution < 1.29 is 14.6 Å². The summed E-state index contributed by atoms with van der Waals surface area (Å²) in [5.41, 5.74) is 1.17. The van der Waals surface area contributed by atoms with Gasteiger partial charge in [-0.3, -0.25) is 4.79 Å². The van der Waals surface area contributed by atoms with Gasteiger partial charge in [0.15, 0.2) is 0 Å². The second-order valence-corrected chi connectivity index (χ2v) is 5.78. The van der Waals surface area contributed by atoms with Crippen molar-refractivity contribution >= 4 is 5.78 Å². The summed E-state index contributed by atoms with van der Waals surface area (Å²) in [6, 6.07) is 0. The van der Waals surface area contributed by atoms with Gasteiger partial charge in [-0.25, -0.2) is 0 Å². The Bertz CT molecular complexity index is 357. The van der Waals surface area contributed by atoms with Crippen molar-refractivity contribution in [3.05, 3.63) is 23.8 Å². The molecule has 0 bridgehead atoms. The van der Waals surface area contributed by atoms with Gasteiger partial charge in [-0.1, -0.05) is 30.7 Å². The normalized spacial score (nSPS) is 30.7. The molecule has 0 aromatic carbocycles. The highest BCUT2D eigenvalue weighted by molar-refractivity contribution is 5.78. The molecule has 3 nitrogen and oxygen atoms in total. The van der Waals surface area contributed by atoms with Crippen LogP contribution in [0, 0.1) is 5.92 Å². The standard InChI is InChI=1S/C17H28O3/c1-13-10-11-15(18)8-6-4-5-7-9-16(20-3)17(19)14(2)12-13/h7,9,12,14,16-17,19H,4-6,8,10-11H2,1-3H3/t14-,16-,17-/m0/s1. The van der Waals surface area contributed by atoms with E-state index in [0.29, 0.717) is 18.6 Å². The Morgan fingerprint density at radius 1 is 1.25 bits per heavy atom. The fourth-order valence-electron chi connectivity index (χ4n) is 2.54. The fraction of sp³-hybridized carbons (Fsp3) is 0.706. The Kier molecular flexibility index (Phi) is 7.78. The molecule has 1 aliphatic rings. The molecule has 3 atom stereocenters. The second kappa shape index (κ2) is 9.09. The monoisotopic (exact) mass is 280 g/mol. The van der Waals surface area contributed by atoms with Gasteiger partial charge >= 0.3 is 0 Å². The highest BCUT2D eigenvalue weighted by atomic mass is 16.5. The van der Waals surface area contributed by atoms with Gasteiger partial charge in [0.1, 0.15) is 11.9 Å². The summed E-state index contributed by atoms with van der Waals surface area (Å²) in [6.45, 7) is 4.02. The first-order valence-corrected chi connectivity index (χ1v) is 7.61. The zero-order valence-electron chi connectivity index (χ0n) is 13.0. The van der Waals surface area contributed by atoms with E-state index in [1.165, 1.54) is 5.57 Å². The van der Waals surface area contributed by atoms with Crippen LogP contribution in [0.3, 0.4) is 0 Å². The first-order valence-electron chi connectivity index (χ1n) is 7.61. The first-order chi connectivity index (χ1) is 9.54. The number of ketones is 1. The molecule has 1 rings (SSSR count). The Balaban J connectivity index is 2.78. The molecule has 0 heterocycles. The summed E-state index contributed by atoms with van der Waals surface area (Å²) in [6.07, 6.45) is 10.2. The maximum absolute atomic E-state index is 11.7. The number of ether oxygens (including phenoxy) is 1. The van der Waals surface area contributed by atoms with Crippen LogP contribution in [0.5, 0.6) is 0 Å². The minimum Gasteiger partial charge on any atom is -0.389 e. The number of aliphatic hydroxyl groups excluding tert-OH is 1. The van der Waals surface area contributed by atoms with Crippen LogP contribution >= 0.6 is 0 Å². The number of carbonyl (C=O) groups excluding carboxylic acids is 1. The molecular weight excluding hydrogens is 252 g/mol. The largest absolute Gasteiger partial charge is 0.389 e. The lowest BCUT2D eigenvalue weighted by molar-refractivity contribution is -0.119. The average Bonchev–Trinajstić information content (AvgIpc) is 2.43. The lowest BCUT2D eigenvalue weighted by atomic mass is 9.94. The summed E-state index contributed by atoms with van der Waals surface area (Å²) in [5.74, 6) is 0.365. The van der Waals surface area contributed by atoms with E-state index in [2.05, 4.69) is 12.2 Å². The lowest BCUT2D eigenvalue weighted by Gasteiger charge is -2.23. The van der Waals surface area contributed by atoms with Gasteiger partial charge in [-0.05, 0) is 32.6 Å². The fourth-order valence-corrected chi connectivity index (χ4v) is 2.54. The van der Waals surface area contributed by atoms with Gasteiger partial charge in [0.05, 0.1) is 6.10 Å². The third-order valence-corrected chi connectivity index (χ3v) is 3.90. The van der Waals surface area contributed by atoms with Crippen LogP contribution < -0.4 is 0 Å². The number of aliphatic hydroxyl groups is 1. The highest BCUT2D eigenvalue weighted by Gasteiger charge is 2.21. The molecular formula is C17H28O3. The molecule has 0 saturated heterocycles. The molecule has 0 aromatic heterocycles. The first kappa shape index (κ1) is 17.1. The van der Waals surface area contributed by atoms with E-state index < -0.39 is 6.10 Å². The van der Waals surface area contributed by atoms with Crippen LogP contribution in [0.25, 0.3) is 0 Å². The molecule has 0 radical (unpaired) electrons. The van der Waals surface area contributed by atoms with Gasteiger partial charge in [-0.15, -0.1) is 0 Å². The van der Waals surface area contributed by atoms with Crippen LogP contribution in [-0.2, 0) is 9.53 Å². The number of Topliss-reactive ketones (excluding diaryl/α,β-unsaturated/α-hetero) is 1. The summed E-state index contributed by atoms with van der Waals surface area (Å²) < 4.78 is 5.37. The topological polar surface area (TPSA) is 46.5 Å². The number of rotatable bonds is 1. The van der Waals surface area contributed by atoms with Gasteiger partial charge in [0.25, 0.3) is 0 Å². The molecule has 0 aliphatic heterocycles. The summed E-state index contributed by atoms with van der Waals surface area (Å²) in [4.78, 5) is 11.7. The van der Waals surface area contributed by atoms with Gasteiger partial charge in [-0.2, -0.15) is 0 Å². The van der Waals surface area contributed by atoms with Crippen molar-refractivity contribution in [1.29, 1.82) is 0 Å². The van der Waals surface area contributed by atoms with Gasteiger partial charge < -0.3 is 9.84 Å². The van der Waals surface area contributed by atoms with E-state index in [4.69, 9.17) is 4.74 Å². The van der Waals surface area contributed by atoms with Crippen molar-refractivity contribution in [1.82, 2.24) is 0 Å². The minimum absolute atomic E-state index is 0.0163. The molecule has 0 saturated carbocycles. The van der Waals surface area contributed by atoms with Crippen LogP contribution in [0.4, 0.5) is 0 Å². The molecule has 0 amide bonds. The molecule has 1 N–H and O–H groups in total. The van der Waals surface area contributed by atoms with E-state index in [1.54, 1.807) is 7.11 Å². The predicted molar refractivity (Wildman–Crippen MR) is 81.6 cm³/mol. The van der Waals surface area contributed by atoms with Crippen molar-refractivity contribution in [2.24, 2.45) is 5.92 Å². The Labute approximate surface area is 122 Å². The maximum atomic E-state index is 11.7. The Morgan fingerprint density at radius 3 is 2.70 bits per heavy atom. The summed E-state index contributed by atoms with van der Waals surface area (Å²) >= 11 is 0. The maximum Gasteiger partial charge on any atom is 0.133 e. The van der Waals surface area contributed by atoms with Crippen LogP contribution in [0.15, 0.2) is 23.8 Å². The van der Waals surface area contributed by atoms with Gasteiger partial charge in [0, 0.05) is 25.9 Å². The highest BCUT2D eigenvalue weighted by Crippen LogP contribution is 2.18. The van der Waals surface area contributed by atoms with Crippen molar-refractivity contribution in [2.45, 2.75) is 64.6 Å². The quantitative estimate of drug-likeness (QED) is 0.749. The van der Waals surface area contributed by atoms with Crippen molar-refractivity contribution in [3.8, 4) is 0 Å². The summed E-state index contributed by atoms with van der Waals surface area (Å²) in [5, 5.41) is 10.3. The van der Waals surface area contributed by atoms with Crippen molar-refractivity contribution in [2.75, 3.05) is 7.11 Å². The van der Waals surface area contributed by atoms with Crippen LogP contribution in [-0.4, -0.2) is 30.2 Å². The molecule has 114 valence electrons. The Hall–Kier alpha value is -0.930. The molecule has 0 aromatic rings. The lowest BCUT2D eigenvalue weighted by Crippen LogP contribution is -2.31. The summed E-state index contributed by atoms with van der Waals surface area (Å²) in [7, 11) is 1.63. The number of hydrogen-bond acceptors (Lipinski definition) is 3. The SMILES string of the molecule is CO[C@H]1C=CCCCCC(=O)CCC(C)=C[C@H](C)[C@@H]1O. The molecule has 3 heteroatoms. The Morgan fingerprint density at radius 2 is 2.00 bits per heavy atom. The number of allylic oxidation sites excluding steroid dienone is 2. The molecule has 20 heavy (non-hydrogen) atoms. The van der Waals surface area contributed by atoms with E-state index >= 15 is 0 Å². The number of carbonyl (C=O) groups is 1. The number of methoxy groups -OCH3 is 1. The van der Waals surface area contributed by atoms with E-state index in [-0.39, 0.29) is 12.0 Å². The average molecular weight is 280 g/mol. The smallest absolute Gasteiger partial charge is 0.133 e. The predicted octanol–water partition coefficient (Wildman–Crippen LogP) is 3.42. The van der Waals surface area contributed by atoms with E-state index in [9.17, 15) is 9.90 Å². The molecule has 1 aliphatic carbocycles.